The maximum absolute atomic E-state index is 14.0. The average Bonchev–Trinajstić information content (AvgIpc) is 3.40. The number of amides is 2. The first kappa shape index (κ1) is 24.4. The molecule has 38 heavy (non-hydrogen) atoms. The molecular weight excluding hydrogens is 504 g/mol. The van der Waals surface area contributed by atoms with Crippen molar-refractivity contribution in [3.05, 3.63) is 74.2 Å². The zero-order valence-corrected chi connectivity index (χ0v) is 21.6. The summed E-state index contributed by atoms with van der Waals surface area (Å²) >= 11 is 6.43. The fourth-order valence-electron chi connectivity index (χ4n) is 5.62. The molecule has 1 fully saturated rings. The molecule has 4 heterocycles. The standard InChI is InChI=1S/C29H25ClN4O4/c1-3-18-15-19(30)16-22-25-24(17(2)34(31-25)23-11-6-7-14-38-23)29(37)32(26(18)22)12-8-13-33-27(35)20-9-4-5-10-21(20)28(33)36/h1,4-5,9-10,15-16,23H,6-8,11-14H2,2H3. The molecule has 1 saturated heterocycles. The lowest BCUT2D eigenvalue weighted by Gasteiger charge is -2.23. The number of hydrogen-bond acceptors (Lipinski definition) is 5. The zero-order valence-electron chi connectivity index (χ0n) is 20.9. The molecule has 0 aliphatic carbocycles. The summed E-state index contributed by atoms with van der Waals surface area (Å²) in [6.45, 7) is 2.94. The Morgan fingerprint density at radius 3 is 2.50 bits per heavy atom. The number of fused-ring (bicyclic) bond motifs is 4. The van der Waals surface area contributed by atoms with Crippen LogP contribution >= 0.6 is 11.6 Å². The summed E-state index contributed by atoms with van der Waals surface area (Å²) in [6, 6.07) is 10.2. The third kappa shape index (κ3) is 3.73. The van der Waals surface area contributed by atoms with Crippen LogP contribution in [0.25, 0.3) is 21.8 Å². The fraction of sp³-hybridized carbons (Fsp3) is 0.310. The number of imide groups is 1. The molecule has 0 saturated carbocycles. The maximum Gasteiger partial charge on any atom is 0.262 e. The summed E-state index contributed by atoms with van der Waals surface area (Å²) in [5.74, 6) is 2.02. The highest BCUT2D eigenvalue weighted by Gasteiger charge is 2.34. The van der Waals surface area contributed by atoms with Crippen molar-refractivity contribution in [3.63, 3.8) is 0 Å². The molecule has 0 radical (unpaired) electrons. The zero-order chi connectivity index (χ0) is 26.6. The van der Waals surface area contributed by atoms with Gasteiger partial charge in [-0.25, -0.2) is 4.68 Å². The number of nitrogens with zero attached hydrogens (tertiary/aromatic N) is 4. The molecular formula is C29H25ClN4O4. The largest absolute Gasteiger partial charge is 0.357 e. The number of ether oxygens (including phenoxy) is 1. The highest BCUT2D eigenvalue weighted by atomic mass is 35.5. The van der Waals surface area contributed by atoms with Crippen LogP contribution in [0, 0.1) is 19.3 Å². The van der Waals surface area contributed by atoms with Crippen LogP contribution in [0.3, 0.4) is 0 Å². The number of hydrogen-bond donors (Lipinski definition) is 0. The van der Waals surface area contributed by atoms with Gasteiger partial charge in [0, 0.05) is 30.1 Å². The van der Waals surface area contributed by atoms with E-state index in [1.807, 2.05) is 6.92 Å². The van der Waals surface area contributed by atoms with Gasteiger partial charge in [-0.2, -0.15) is 5.10 Å². The normalized spacial score (nSPS) is 17.4. The first-order valence-electron chi connectivity index (χ1n) is 12.7. The van der Waals surface area contributed by atoms with E-state index in [0.29, 0.717) is 56.5 Å². The molecule has 2 aromatic carbocycles. The van der Waals surface area contributed by atoms with Crippen LogP contribution in [0.5, 0.6) is 0 Å². The number of benzene rings is 2. The van der Waals surface area contributed by atoms with Crippen LogP contribution in [0.4, 0.5) is 0 Å². The van der Waals surface area contributed by atoms with E-state index in [4.69, 9.17) is 27.9 Å². The molecule has 8 nitrogen and oxygen atoms in total. The van der Waals surface area contributed by atoms with E-state index in [9.17, 15) is 14.4 Å². The van der Waals surface area contributed by atoms with Crippen molar-refractivity contribution in [3.8, 4) is 12.3 Å². The quantitative estimate of drug-likeness (QED) is 0.277. The van der Waals surface area contributed by atoms with Crippen LogP contribution in [-0.2, 0) is 11.3 Å². The number of carbonyl (C=O) groups excluding carboxylic acids is 2. The molecule has 2 aromatic heterocycles. The first-order valence-corrected chi connectivity index (χ1v) is 13.1. The lowest BCUT2D eigenvalue weighted by Crippen LogP contribution is -2.32. The molecule has 2 amide bonds. The SMILES string of the molecule is C#Cc1cc(Cl)cc2c3nn(C4CCCCO4)c(C)c3c(=O)n(CCCN3C(=O)c4ccccc4C3=O)c12. The number of aromatic nitrogens is 3. The molecule has 0 bridgehead atoms. The van der Waals surface area contributed by atoms with Crippen LogP contribution in [-0.4, -0.2) is 44.2 Å². The Labute approximate surface area is 223 Å². The molecule has 2 aliphatic heterocycles. The Balaban J connectivity index is 1.43. The van der Waals surface area contributed by atoms with Crippen molar-refractivity contribution < 1.29 is 14.3 Å². The Bertz CT molecular complexity index is 1700. The van der Waals surface area contributed by atoms with Gasteiger partial charge in [0.15, 0.2) is 0 Å². The van der Waals surface area contributed by atoms with E-state index in [1.54, 1.807) is 45.6 Å². The predicted octanol–water partition coefficient (Wildman–Crippen LogP) is 4.68. The maximum atomic E-state index is 14.0. The number of halogens is 1. The van der Waals surface area contributed by atoms with Gasteiger partial charge >= 0.3 is 0 Å². The predicted molar refractivity (Wildman–Crippen MR) is 144 cm³/mol. The van der Waals surface area contributed by atoms with Crippen LogP contribution < -0.4 is 5.56 Å². The molecule has 0 N–H and O–H groups in total. The average molecular weight is 529 g/mol. The molecule has 1 unspecified atom stereocenters. The molecule has 9 heteroatoms. The van der Waals surface area contributed by atoms with Gasteiger partial charge in [0.25, 0.3) is 17.4 Å². The minimum atomic E-state index is -0.320. The third-order valence-electron chi connectivity index (χ3n) is 7.43. The minimum absolute atomic E-state index is 0.172. The van der Waals surface area contributed by atoms with Crippen molar-refractivity contribution in [1.29, 1.82) is 0 Å². The van der Waals surface area contributed by atoms with Crippen molar-refractivity contribution in [1.82, 2.24) is 19.2 Å². The van der Waals surface area contributed by atoms with E-state index in [2.05, 4.69) is 5.92 Å². The van der Waals surface area contributed by atoms with Gasteiger partial charge in [-0.05, 0) is 56.9 Å². The van der Waals surface area contributed by atoms with Crippen LogP contribution in [0.1, 0.15) is 63.9 Å². The third-order valence-corrected chi connectivity index (χ3v) is 7.65. The molecule has 6 rings (SSSR count). The Morgan fingerprint density at radius 2 is 1.84 bits per heavy atom. The Morgan fingerprint density at radius 1 is 1.11 bits per heavy atom. The van der Waals surface area contributed by atoms with E-state index in [1.165, 1.54) is 4.90 Å². The lowest BCUT2D eigenvalue weighted by atomic mass is 10.1. The van der Waals surface area contributed by atoms with E-state index >= 15 is 0 Å². The summed E-state index contributed by atoms with van der Waals surface area (Å²) in [6.07, 6.45) is 8.82. The van der Waals surface area contributed by atoms with Gasteiger partial charge in [-0.3, -0.25) is 19.3 Å². The smallest absolute Gasteiger partial charge is 0.262 e. The van der Waals surface area contributed by atoms with Gasteiger partial charge in [-0.15, -0.1) is 6.42 Å². The highest BCUT2D eigenvalue weighted by molar-refractivity contribution is 6.32. The van der Waals surface area contributed by atoms with Crippen molar-refractivity contribution in [2.45, 2.75) is 45.4 Å². The fourth-order valence-corrected chi connectivity index (χ4v) is 5.84. The van der Waals surface area contributed by atoms with Gasteiger partial charge in [0.2, 0.25) is 0 Å². The topological polar surface area (TPSA) is 86.4 Å². The summed E-state index contributed by atoms with van der Waals surface area (Å²) in [7, 11) is 0. The van der Waals surface area contributed by atoms with Gasteiger partial charge < -0.3 is 9.30 Å². The second kappa shape index (κ2) is 9.43. The molecule has 4 aromatic rings. The van der Waals surface area contributed by atoms with Crippen LogP contribution in [0.2, 0.25) is 5.02 Å². The van der Waals surface area contributed by atoms with E-state index in [-0.39, 0.29) is 36.7 Å². The van der Waals surface area contributed by atoms with Crippen molar-refractivity contribution >= 4 is 45.2 Å². The van der Waals surface area contributed by atoms with Crippen LogP contribution in [0.15, 0.2) is 41.2 Å². The van der Waals surface area contributed by atoms with Gasteiger partial charge in [0.05, 0.1) is 33.3 Å². The number of pyridine rings is 1. The molecule has 0 spiro atoms. The molecule has 1 atom stereocenters. The van der Waals surface area contributed by atoms with Crippen molar-refractivity contribution in [2.75, 3.05) is 13.2 Å². The monoisotopic (exact) mass is 528 g/mol. The van der Waals surface area contributed by atoms with E-state index in [0.717, 1.165) is 25.0 Å². The first-order chi connectivity index (χ1) is 18.4. The second-order valence-corrected chi connectivity index (χ2v) is 10.1. The molecule has 192 valence electrons. The second-order valence-electron chi connectivity index (χ2n) is 9.69. The number of terminal acetylenes is 1. The summed E-state index contributed by atoms with van der Waals surface area (Å²) in [5, 5.41) is 6.43. The van der Waals surface area contributed by atoms with Gasteiger partial charge in [0.1, 0.15) is 11.7 Å². The Hall–Kier alpha value is -3.93. The number of rotatable bonds is 5. The lowest BCUT2D eigenvalue weighted by molar-refractivity contribution is -0.0402. The van der Waals surface area contributed by atoms with E-state index < -0.39 is 0 Å². The van der Waals surface area contributed by atoms with Crippen molar-refractivity contribution in [2.24, 2.45) is 0 Å². The van der Waals surface area contributed by atoms with Gasteiger partial charge in [-0.1, -0.05) is 29.7 Å². The number of aryl methyl sites for hydroxylation is 2. The highest BCUT2D eigenvalue weighted by Crippen LogP contribution is 2.32. The molecule has 2 aliphatic rings. The number of carbonyl (C=O) groups is 2. The summed E-state index contributed by atoms with van der Waals surface area (Å²) in [5.41, 5.74) is 2.87. The summed E-state index contributed by atoms with van der Waals surface area (Å²) < 4.78 is 9.38. The minimum Gasteiger partial charge on any atom is -0.357 e. The summed E-state index contributed by atoms with van der Waals surface area (Å²) in [4.78, 5) is 40.8. The Kier molecular flexibility index (Phi) is 6.05.